The van der Waals surface area contributed by atoms with Crippen molar-refractivity contribution in [3.8, 4) is 22.5 Å². The first-order valence-electron chi connectivity index (χ1n) is 12.2. The number of hydrogen-bond acceptors (Lipinski definition) is 2. The van der Waals surface area contributed by atoms with Crippen molar-refractivity contribution in [2.75, 3.05) is 0 Å². The monoisotopic (exact) mass is 442 g/mol. The molecule has 2 heterocycles. The number of nitrogens with zero attached hydrogens (tertiary/aromatic N) is 2. The number of benzene rings is 2. The quantitative estimate of drug-likeness (QED) is 0.300. The molecule has 0 amide bonds. The van der Waals surface area contributed by atoms with Gasteiger partial charge in [0.1, 0.15) is 0 Å². The summed E-state index contributed by atoms with van der Waals surface area (Å²) in [5.41, 5.74) is 6.69. The van der Waals surface area contributed by atoms with Crippen LogP contribution in [-0.4, -0.2) is 9.97 Å². The Labute approximate surface area is 202 Å². The number of allylic oxidation sites excluding steroid dienone is 2. The van der Waals surface area contributed by atoms with Crippen LogP contribution in [0.2, 0.25) is 0 Å². The van der Waals surface area contributed by atoms with E-state index in [0.29, 0.717) is 11.8 Å². The van der Waals surface area contributed by atoms with Crippen LogP contribution < -0.4 is 0 Å². The summed E-state index contributed by atoms with van der Waals surface area (Å²) in [4.78, 5) is 9.30. The molecule has 5 rings (SSSR count). The van der Waals surface area contributed by atoms with E-state index >= 15 is 0 Å². The molecule has 2 aromatic heterocycles. The normalized spacial score (nSPS) is 18.5. The van der Waals surface area contributed by atoms with E-state index in [1.54, 1.807) is 0 Å². The largest absolute Gasteiger partial charge is 0.256 e. The molecule has 2 atom stereocenters. The molecule has 1 fully saturated rings. The smallest absolute Gasteiger partial charge is 0.0702 e. The lowest BCUT2D eigenvalue weighted by Gasteiger charge is -2.25. The summed E-state index contributed by atoms with van der Waals surface area (Å²) in [6, 6.07) is 29.2. The van der Waals surface area contributed by atoms with Crippen LogP contribution in [0.1, 0.15) is 36.8 Å². The minimum absolute atomic E-state index is 0.621. The summed E-state index contributed by atoms with van der Waals surface area (Å²) >= 11 is 0. The van der Waals surface area contributed by atoms with Gasteiger partial charge in [-0.15, -0.1) is 0 Å². The second kappa shape index (κ2) is 10.9. The molecule has 2 aromatic carbocycles. The van der Waals surface area contributed by atoms with Crippen molar-refractivity contribution in [2.45, 2.75) is 25.7 Å². The van der Waals surface area contributed by atoms with Crippen LogP contribution in [0.15, 0.2) is 109 Å². The van der Waals surface area contributed by atoms with Gasteiger partial charge in [0, 0.05) is 23.5 Å². The van der Waals surface area contributed by atoms with Gasteiger partial charge in [-0.1, -0.05) is 104 Å². The average molecular weight is 443 g/mol. The van der Waals surface area contributed by atoms with Crippen LogP contribution in [0.5, 0.6) is 0 Å². The van der Waals surface area contributed by atoms with E-state index < -0.39 is 0 Å². The Bertz CT molecular complexity index is 1120. The molecule has 2 nitrogen and oxygen atoms in total. The van der Waals surface area contributed by atoms with Crippen LogP contribution in [0.3, 0.4) is 0 Å². The molecule has 0 N–H and O–H groups in total. The summed E-state index contributed by atoms with van der Waals surface area (Å²) in [5, 5.41) is 0. The van der Waals surface area contributed by atoms with Crippen molar-refractivity contribution < 1.29 is 0 Å². The molecular weight excluding hydrogens is 412 g/mol. The standard InChI is InChI=1S/C32H30N2/c1-3-10-29(11-4-1)31-20-18-27(23-33-31)16-14-25-8-7-9-26(22-25)15-17-28-19-21-32(34-24-28)30-12-5-2-6-13-30/h1-6,10-21,23-26H,7-9,22H2/b16-14-,17-15?. The van der Waals surface area contributed by atoms with Crippen LogP contribution >= 0.6 is 0 Å². The molecule has 4 aromatic rings. The van der Waals surface area contributed by atoms with Gasteiger partial charge in [0.25, 0.3) is 0 Å². The second-order valence-electron chi connectivity index (χ2n) is 9.09. The minimum atomic E-state index is 0.621. The summed E-state index contributed by atoms with van der Waals surface area (Å²) in [6.07, 6.45) is 18.2. The first kappa shape index (κ1) is 22.0. The summed E-state index contributed by atoms with van der Waals surface area (Å²) < 4.78 is 0. The summed E-state index contributed by atoms with van der Waals surface area (Å²) in [5.74, 6) is 1.24. The van der Waals surface area contributed by atoms with Crippen molar-refractivity contribution in [1.82, 2.24) is 9.97 Å². The molecule has 2 heteroatoms. The molecule has 0 spiro atoms. The number of rotatable bonds is 6. The van der Waals surface area contributed by atoms with Gasteiger partial charge < -0.3 is 0 Å². The fourth-order valence-corrected chi connectivity index (χ4v) is 4.68. The number of pyridine rings is 2. The van der Waals surface area contributed by atoms with Gasteiger partial charge in [-0.3, -0.25) is 9.97 Å². The average Bonchev–Trinajstić information content (AvgIpc) is 2.93. The van der Waals surface area contributed by atoms with Crippen molar-refractivity contribution >= 4 is 12.2 Å². The fourth-order valence-electron chi connectivity index (χ4n) is 4.68. The van der Waals surface area contributed by atoms with E-state index in [0.717, 1.165) is 22.5 Å². The van der Waals surface area contributed by atoms with Crippen molar-refractivity contribution in [2.24, 2.45) is 11.8 Å². The molecule has 0 radical (unpaired) electrons. The van der Waals surface area contributed by atoms with E-state index in [2.05, 4.69) is 107 Å². The van der Waals surface area contributed by atoms with Crippen LogP contribution in [0.4, 0.5) is 0 Å². The third-order valence-corrected chi connectivity index (χ3v) is 6.59. The van der Waals surface area contributed by atoms with E-state index in [1.807, 2.05) is 24.5 Å². The predicted molar refractivity (Wildman–Crippen MR) is 143 cm³/mol. The number of hydrogen-bond donors (Lipinski definition) is 0. The van der Waals surface area contributed by atoms with Gasteiger partial charge in [-0.25, -0.2) is 0 Å². The van der Waals surface area contributed by atoms with Crippen LogP contribution in [-0.2, 0) is 0 Å². The van der Waals surface area contributed by atoms with E-state index in [4.69, 9.17) is 0 Å². The highest BCUT2D eigenvalue weighted by atomic mass is 14.7. The van der Waals surface area contributed by atoms with Gasteiger partial charge in [0.05, 0.1) is 11.4 Å². The predicted octanol–water partition coefficient (Wildman–Crippen LogP) is 8.34. The van der Waals surface area contributed by atoms with E-state index in [-0.39, 0.29) is 0 Å². The molecule has 1 aliphatic rings. The van der Waals surface area contributed by atoms with E-state index in [9.17, 15) is 0 Å². The molecule has 168 valence electrons. The van der Waals surface area contributed by atoms with Crippen molar-refractivity contribution in [3.05, 3.63) is 121 Å². The SMILES string of the molecule is C(=CC1CCCC(/C=C\c2ccc(-c3ccccc3)nc2)C1)c1ccc(-c2ccccc2)nc1. The molecule has 0 saturated heterocycles. The zero-order chi connectivity index (χ0) is 23.0. The van der Waals surface area contributed by atoms with Gasteiger partial charge in [-0.2, -0.15) is 0 Å². The first-order chi connectivity index (χ1) is 16.8. The highest BCUT2D eigenvalue weighted by Crippen LogP contribution is 2.32. The molecular formula is C32H30N2. The molecule has 0 aliphatic heterocycles. The molecule has 1 aliphatic carbocycles. The van der Waals surface area contributed by atoms with Crippen LogP contribution in [0.25, 0.3) is 34.7 Å². The zero-order valence-corrected chi connectivity index (χ0v) is 19.4. The van der Waals surface area contributed by atoms with E-state index in [1.165, 1.54) is 36.8 Å². The molecule has 34 heavy (non-hydrogen) atoms. The maximum absolute atomic E-state index is 4.65. The zero-order valence-electron chi connectivity index (χ0n) is 19.4. The molecule has 0 bridgehead atoms. The third kappa shape index (κ3) is 5.77. The fraction of sp³-hybridized carbons (Fsp3) is 0.188. The lowest BCUT2D eigenvalue weighted by molar-refractivity contribution is 0.354. The minimum Gasteiger partial charge on any atom is -0.256 e. The van der Waals surface area contributed by atoms with Gasteiger partial charge in [0.15, 0.2) is 0 Å². The number of aromatic nitrogens is 2. The lowest BCUT2D eigenvalue weighted by atomic mass is 9.81. The van der Waals surface area contributed by atoms with Crippen molar-refractivity contribution in [1.29, 1.82) is 0 Å². The maximum atomic E-state index is 4.65. The van der Waals surface area contributed by atoms with Gasteiger partial charge >= 0.3 is 0 Å². The van der Waals surface area contributed by atoms with Gasteiger partial charge in [0.2, 0.25) is 0 Å². The Morgan fingerprint density at radius 1 is 0.559 bits per heavy atom. The first-order valence-corrected chi connectivity index (χ1v) is 12.2. The third-order valence-electron chi connectivity index (χ3n) is 6.59. The molecule has 2 unspecified atom stereocenters. The Balaban J connectivity index is 1.17. The molecule has 1 saturated carbocycles. The lowest BCUT2D eigenvalue weighted by Crippen LogP contribution is -2.12. The van der Waals surface area contributed by atoms with Crippen LogP contribution in [0, 0.1) is 11.8 Å². The summed E-state index contributed by atoms with van der Waals surface area (Å²) in [7, 11) is 0. The Kier molecular flexibility index (Phi) is 7.06. The Hall–Kier alpha value is -3.78. The highest BCUT2D eigenvalue weighted by molar-refractivity contribution is 5.62. The highest BCUT2D eigenvalue weighted by Gasteiger charge is 2.18. The summed E-state index contributed by atoms with van der Waals surface area (Å²) in [6.45, 7) is 0. The second-order valence-corrected chi connectivity index (χ2v) is 9.09. The topological polar surface area (TPSA) is 25.8 Å². The Morgan fingerprint density at radius 2 is 1.03 bits per heavy atom. The maximum Gasteiger partial charge on any atom is 0.0702 e. The Morgan fingerprint density at radius 3 is 1.44 bits per heavy atom. The van der Waals surface area contributed by atoms with Gasteiger partial charge in [-0.05, 0) is 54.4 Å². The van der Waals surface area contributed by atoms with Crippen molar-refractivity contribution in [3.63, 3.8) is 0 Å².